The first kappa shape index (κ1) is 20.2. The summed E-state index contributed by atoms with van der Waals surface area (Å²) >= 11 is 0. The number of hydrogen-bond donors (Lipinski definition) is 2. The number of carbonyl (C=O) groups excluding carboxylic acids is 1. The van der Waals surface area contributed by atoms with Crippen molar-refractivity contribution in [3.05, 3.63) is 89.5 Å². The molecule has 0 bridgehead atoms. The molecule has 0 saturated carbocycles. The molecule has 0 fully saturated rings. The number of benzene rings is 3. The number of nitrogens with one attached hydrogen (secondary N) is 1. The standard InChI is InChI=1S/C26H27NO3/c1-30-23-13-14-24-22(17-23)8-5-15-26(24,29)18-27-25(28)16-19-9-11-21(12-10-19)20-6-3-2-4-7-20/h2-4,6-7,9-14,17,29H,5,8,15-16,18H2,1H3,(H,27,28). The normalized spacial score (nSPS) is 17.8. The minimum atomic E-state index is -1.04. The Morgan fingerprint density at radius 1 is 1.03 bits per heavy atom. The van der Waals surface area contributed by atoms with Crippen LogP contribution in [0.15, 0.2) is 72.8 Å². The zero-order chi connectivity index (χ0) is 21.0. The van der Waals surface area contributed by atoms with E-state index in [0.29, 0.717) is 12.8 Å². The van der Waals surface area contributed by atoms with E-state index in [2.05, 4.69) is 17.4 Å². The summed E-state index contributed by atoms with van der Waals surface area (Å²) in [6, 6.07) is 24.0. The molecule has 0 spiro atoms. The Morgan fingerprint density at radius 2 is 1.77 bits per heavy atom. The van der Waals surface area contributed by atoms with Crippen molar-refractivity contribution in [1.29, 1.82) is 0 Å². The van der Waals surface area contributed by atoms with Crippen molar-refractivity contribution in [3.63, 3.8) is 0 Å². The summed E-state index contributed by atoms with van der Waals surface area (Å²) in [5.41, 5.74) is 4.18. The zero-order valence-corrected chi connectivity index (χ0v) is 17.2. The number of carbonyl (C=O) groups is 1. The quantitative estimate of drug-likeness (QED) is 0.649. The molecule has 1 aliphatic rings. The van der Waals surface area contributed by atoms with Crippen molar-refractivity contribution in [3.8, 4) is 16.9 Å². The SMILES string of the molecule is COc1ccc2c(c1)CCCC2(O)CNC(=O)Cc1ccc(-c2ccccc2)cc1. The van der Waals surface area contributed by atoms with Crippen LogP contribution in [0.2, 0.25) is 0 Å². The van der Waals surface area contributed by atoms with E-state index >= 15 is 0 Å². The van der Waals surface area contributed by atoms with Crippen LogP contribution >= 0.6 is 0 Å². The molecular formula is C26H27NO3. The van der Waals surface area contributed by atoms with Crippen molar-refractivity contribution >= 4 is 5.91 Å². The van der Waals surface area contributed by atoms with Crippen LogP contribution in [0.1, 0.15) is 29.5 Å². The Kier molecular flexibility index (Phi) is 5.86. The lowest BCUT2D eigenvalue weighted by atomic mass is 9.79. The minimum Gasteiger partial charge on any atom is -0.497 e. The maximum absolute atomic E-state index is 12.5. The van der Waals surface area contributed by atoms with Gasteiger partial charge in [0.15, 0.2) is 0 Å². The van der Waals surface area contributed by atoms with Gasteiger partial charge in [-0.1, -0.05) is 60.7 Å². The number of hydrogen-bond acceptors (Lipinski definition) is 3. The molecule has 1 unspecified atom stereocenters. The lowest BCUT2D eigenvalue weighted by Gasteiger charge is -2.35. The van der Waals surface area contributed by atoms with E-state index in [1.807, 2.05) is 60.7 Å². The van der Waals surface area contributed by atoms with E-state index in [0.717, 1.165) is 46.4 Å². The lowest BCUT2D eigenvalue weighted by molar-refractivity contribution is -0.122. The molecule has 0 aromatic heterocycles. The Morgan fingerprint density at radius 3 is 2.50 bits per heavy atom. The molecule has 4 rings (SSSR count). The number of amides is 1. The molecule has 0 saturated heterocycles. The monoisotopic (exact) mass is 401 g/mol. The second-order valence-electron chi connectivity index (χ2n) is 7.92. The lowest BCUT2D eigenvalue weighted by Crippen LogP contribution is -2.43. The van der Waals surface area contributed by atoms with Crippen LogP contribution in [-0.4, -0.2) is 24.7 Å². The Bertz CT molecular complexity index is 1010. The number of rotatable bonds is 6. The predicted octanol–water partition coefficient (Wildman–Crippen LogP) is 4.25. The van der Waals surface area contributed by atoms with Crippen molar-refractivity contribution in [1.82, 2.24) is 5.32 Å². The van der Waals surface area contributed by atoms with Gasteiger partial charge in [-0.2, -0.15) is 0 Å². The van der Waals surface area contributed by atoms with Crippen molar-refractivity contribution in [2.75, 3.05) is 13.7 Å². The van der Waals surface area contributed by atoms with Gasteiger partial charge in [-0.05, 0) is 59.2 Å². The van der Waals surface area contributed by atoms with E-state index in [1.54, 1.807) is 7.11 Å². The molecule has 0 radical (unpaired) electrons. The molecule has 154 valence electrons. The van der Waals surface area contributed by atoms with Gasteiger partial charge in [0.2, 0.25) is 5.91 Å². The summed E-state index contributed by atoms with van der Waals surface area (Å²) in [5.74, 6) is 0.706. The van der Waals surface area contributed by atoms with Gasteiger partial charge in [-0.15, -0.1) is 0 Å². The van der Waals surface area contributed by atoms with Gasteiger partial charge in [0.25, 0.3) is 0 Å². The summed E-state index contributed by atoms with van der Waals surface area (Å²) in [6.45, 7) is 0.216. The fraction of sp³-hybridized carbons (Fsp3) is 0.269. The average Bonchev–Trinajstić information content (AvgIpc) is 2.79. The predicted molar refractivity (Wildman–Crippen MR) is 118 cm³/mol. The Labute approximate surface area is 177 Å². The van der Waals surface area contributed by atoms with Crippen molar-refractivity contribution in [2.45, 2.75) is 31.3 Å². The van der Waals surface area contributed by atoms with Gasteiger partial charge in [0, 0.05) is 0 Å². The highest BCUT2D eigenvalue weighted by Gasteiger charge is 2.34. The fourth-order valence-electron chi connectivity index (χ4n) is 4.19. The Balaban J connectivity index is 1.38. The van der Waals surface area contributed by atoms with Crippen LogP contribution < -0.4 is 10.1 Å². The van der Waals surface area contributed by atoms with Crippen LogP contribution in [-0.2, 0) is 23.2 Å². The molecule has 0 heterocycles. The van der Waals surface area contributed by atoms with E-state index in [4.69, 9.17) is 4.74 Å². The molecule has 1 aliphatic carbocycles. The Hall–Kier alpha value is -3.11. The van der Waals surface area contributed by atoms with Crippen molar-refractivity contribution < 1.29 is 14.6 Å². The van der Waals surface area contributed by atoms with Gasteiger partial charge in [0.05, 0.1) is 20.1 Å². The maximum atomic E-state index is 12.5. The smallest absolute Gasteiger partial charge is 0.224 e. The summed E-state index contributed by atoms with van der Waals surface area (Å²) in [5, 5.41) is 14.1. The summed E-state index contributed by atoms with van der Waals surface area (Å²) in [7, 11) is 1.64. The molecule has 1 atom stereocenters. The number of fused-ring (bicyclic) bond motifs is 1. The summed E-state index contributed by atoms with van der Waals surface area (Å²) < 4.78 is 5.30. The first-order valence-corrected chi connectivity index (χ1v) is 10.4. The topological polar surface area (TPSA) is 58.6 Å². The van der Waals surface area contributed by atoms with Crippen LogP contribution in [0, 0.1) is 0 Å². The highest BCUT2D eigenvalue weighted by Crippen LogP contribution is 2.36. The third kappa shape index (κ3) is 4.39. The first-order chi connectivity index (χ1) is 14.6. The molecule has 3 aromatic rings. The van der Waals surface area contributed by atoms with Crippen LogP contribution in [0.25, 0.3) is 11.1 Å². The third-order valence-corrected chi connectivity index (χ3v) is 5.85. The number of ether oxygens (including phenoxy) is 1. The van der Waals surface area contributed by atoms with Crippen LogP contribution in [0.5, 0.6) is 5.75 Å². The fourth-order valence-corrected chi connectivity index (χ4v) is 4.19. The average molecular weight is 402 g/mol. The molecule has 2 N–H and O–H groups in total. The minimum absolute atomic E-state index is 0.0866. The molecule has 4 heteroatoms. The highest BCUT2D eigenvalue weighted by atomic mass is 16.5. The second kappa shape index (κ2) is 8.72. The summed E-state index contributed by atoms with van der Waals surface area (Å²) in [4.78, 5) is 12.5. The van der Waals surface area contributed by atoms with Gasteiger partial charge >= 0.3 is 0 Å². The zero-order valence-electron chi connectivity index (χ0n) is 17.2. The van der Waals surface area contributed by atoms with Crippen LogP contribution in [0.3, 0.4) is 0 Å². The van der Waals surface area contributed by atoms with E-state index < -0.39 is 5.60 Å². The molecule has 3 aromatic carbocycles. The molecule has 0 aliphatic heterocycles. The largest absolute Gasteiger partial charge is 0.497 e. The first-order valence-electron chi connectivity index (χ1n) is 10.4. The number of aryl methyl sites for hydroxylation is 1. The number of methoxy groups -OCH3 is 1. The van der Waals surface area contributed by atoms with Crippen molar-refractivity contribution in [2.24, 2.45) is 0 Å². The van der Waals surface area contributed by atoms with E-state index in [1.165, 1.54) is 0 Å². The van der Waals surface area contributed by atoms with E-state index in [9.17, 15) is 9.90 Å². The molecular weight excluding hydrogens is 374 g/mol. The van der Waals surface area contributed by atoms with Gasteiger partial charge < -0.3 is 15.2 Å². The number of aliphatic hydroxyl groups is 1. The maximum Gasteiger partial charge on any atom is 0.224 e. The second-order valence-corrected chi connectivity index (χ2v) is 7.92. The molecule has 30 heavy (non-hydrogen) atoms. The highest BCUT2D eigenvalue weighted by molar-refractivity contribution is 5.79. The van der Waals surface area contributed by atoms with E-state index in [-0.39, 0.29) is 12.5 Å². The molecule has 4 nitrogen and oxygen atoms in total. The third-order valence-electron chi connectivity index (χ3n) is 5.85. The summed E-state index contributed by atoms with van der Waals surface area (Å²) in [6.07, 6.45) is 2.73. The molecule has 1 amide bonds. The van der Waals surface area contributed by atoms with Gasteiger partial charge in [-0.3, -0.25) is 4.79 Å². The van der Waals surface area contributed by atoms with Gasteiger partial charge in [-0.25, -0.2) is 0 Å². The van der Waals surface area contributed by atoms with Gasteiger partial charge in [0.1, 0.15) is 11.4 Å². The van der Waals surface area contributed by atoms with Crippen LogP contribution in [0.4, 0.5) is 0 Å².